The van der Waals surface area contributed by atoms with Crippen molar-refractivity contribution in [2.24, 2.45) is 0 Å². The van der Waals surface area contributed by atoms with Crippen LogP contribution in [0.25, 0.3) is 0 Å². The second-order valence-corrected chi connectivity index (χ2v) is 7.05. The average molecular weight is 353 g/mol. The van der Waals surface area contributed by atoms with Gasteiger partial charge in [-0.15, -0.1) is 0 Å². The van der Waals surface area contributed by atoms with E-state index in [9.17, 15) is 4.79 Å². The summed E-state index contributed by atoms with van der Waals surface area (Å²) in [7, 11) is 0. The minimum Gasteiger partial charge on any atom is -0.481 e. The number of nitrogens with one attached hydrogen (secondary N) is 1. The number of amides is 1. The predicted octanol–water partition coefficient (Wildman–Crippen LogP) is 3.63. The number of carbonyl (C=O) groups excluding carboxylic acids is 1. The maximum absolute atomic E-state index is 12.6. The van der Waals surface area contributed by atoms with Crippen LogP contribution in [0.3, 0.4) is 0 Å². The van der Waals surface area contributed by atoms with Crippen LogP contribution in [0.1, 0.15) is 30.9 Å². The summed E-state index contributed by atoms with van der Waals surface area (Å²) in [6.45, 7) is 5.84. The highest BCUT2D eigenvalue weighted by molar-refractivity contribution is 5.80. The highest BCUT2D eigenvalue weighted by Gasteiger charge is 2.35. The summed E-state index contributed by atoms with van der Waals surface area (Å²) in [5, 5.41) is 3.11. The van der Waals surface area contributed by atoms with E-state index in [0.717, 1.165) is 37.4 Å². The van der Waals surface area contributed by atoms with Crippen molar-refractivity contribution >= 4 is 5.91 Å². The molecular weight excluding hydrogens is 326 g/mol. The zero-order chi connectivity index (χ0) is 18.4. The first-order valence-electron chi connectivity index (χ1n) is 9.23. The Morgan fingerprint density at radius 1 is 1.15 bits per heavy atom. The lowest BCUT2D eigenvalue weighted by molar-refractivity contribution is -0.127. The molecule has 1 unspecified atom stereocenters. The zero-order valence-electron chi connectivity index (χ0n) is 15.5. The second-order valence-electron chi connectivity index (χ2n) is 7.05. The van der Waals surface area contributed by atoms with E-state index in [1.165, 1.54) is 5.56 Å². The maximum atomic E-state index is 12.6. The van der Waals surface area contributed by atoms with Gasteiger partial charge in [0.05, 0.1) is 0 Å². The monoisotopic (exact) mass is 353 g/mol. The van der Waals surface area contributed by atoms with Crippen LogP contribution in [0.5, 0.6) is 5.75 Å². The number of rotatable bonds is 6. The lowest BCUT2D eigenvalue weighted by Crippen LogP contribution is -2.47. The summed E-state index contributed by atoms with van der Waals surface area (Å²) in [6, 6.07) is 18.2. The Kier molecular flexibility index (Phi) is 5.94. The standard InChI is InChI=1S/C22H27NO3/c1-17-7-6-10-20(15-17)26-18(2)21(24)23-16-22(11-13-25-14-12-22)19-8-4-3-5-9-19/h3-10,15,18H,11-14,16H2,1-2H3,(H,23,24). The first kappa shape index (κ1) is 18.5. The molecule has 138 valence electrons. The molecule has 1 aliphatic heterocycles. The van der Waals surface area contributed by atoms with Crippen molar-refractivity contribution in [1.82, 2.24) is 5.32 Å². The SMILES string of the molecule is Cc1cccc(OC(C)C(=O)NCC2(c3ccccc3)CCOCC2)c1. The van der Waals surface area contributed by atoms with Crippen LogP contribution in [-0.2, 0) is 14.9 Å². The Morgan fingerprint density at radius 3 is 2.58 bits per heavy atom. The summed E-state index contributed by atoms with van der Waals surface area (Å²) in [5.41, 5.74) is 2.30. The molecule has 0 bridgehead atoms. The van der Waals surface area contributed by atoms with Crippen LogP contribution in [0.2, 0.25) is 0 Å². The first-order chi connectivity index (χ1) is 12.6. The van der Waals surface area contributed by atoms with Gasteiger partial charge in [-0.1, -0.05) is 42.5 Å². The van der Waals surface area contributed by atoms with E-state index in [0.29, 0.717) is 6.54 Å². The topological polar surface area (TPSA) is 47.6 Å². The second kappa shape index (κ2) is 8.37. The maximum Gasteiger partial charge on any atom is 0.260 e. The van der Waals surface area contributed by atoms with Gasteiger partial charge in [0, 0.05) is 25.2 Å². The molecule has 0 aliphatic carbocycles. The van der Waals surface area contributed by atoms with E-state index < -0.39 is 6.10 Å². The molecule has 0 saturated carbocycles. The summed E-state index contributed by atoms with van der Waals surface area (Å²) in [5.74, 6) is 0.629. The number of hydrogen-bond acceptors (Lipinski definition) is 3. The number of hydrogen-bond donors (Lipinski definition) is 1. The van der Waals surface area contributed by atoms with Gasteiger partial charge in [-0.3, -0.25) is 4.79 Å². The quantitative estimate of drug-likeness (QED) is 0.863. The van der Waals surface area contributed by atoms with Crippen molar-refractivity contribution in [3.63, 3.8) is 0 Å². The van der Waals surface area contributed by atoms with Crippen molar-refractivity contribution in [2.45, 2.75) is 38.2 Å². The number of aryl methyl sites for hydroxylation is 1. The van der Waals surface area contributed by atoms with Crippen LogP contribution >= 0.6 is 0 Å². The molecule has 0 radical (unpaired) electrons. The molecule has 1 aliphatic rings. The van der Waals surface area contributed by atoms with Crippen molar-refractivity contribution in [1.29, 1.82) is 0 Å². The lowest BCUT2D eigenvalue weighted by Gasteiger charge is -2.38. The fourth-order valence-electron chi connectivity index (χ4n) is 3.47. The molecule has 4 heteroatoms. The molecule has 1 atom stereocenters. The van der Waals surface area contributed by atoms with E-state index in [1.54, 1.807) is 6.92 Å². The van der Waals surface area contributed by atoms with Gasteiger partial charge in [0.1, 0.15) is 5.75 Å². The minimum absolute atomic E-state index is 0.0712. The van der Waals surface area contributed by atoms with Gasteiger partial charge in [0.2, 0.25) is 0 Å². The van der Waals surface area contributed by atoms with E-state index in [4.69, 9.17) is 9.47 Å². The molecule has 0 aromatic heterocycles. The van der Waals surface area contributed by atoms with Gasteiger partial charge >= 0.3 is 0 Å². The van der Waals surface area contributed by atoms with Gasteiger partial charge in [0.25, 0.3) is 5.91 Å². The van der Waals surface area contributed by atoms with Gasteiger partial charge in [-0.2, -0.15) is 0 Å². The van der Waals surface area contributed by atoms with Crippen LogP contribution in [0, 0.1) is 6.92 Å². The molecule has 1 saturated heterocycles. The Bertz CT molecular complexity index is 723. The fraction of sp³-hybridized carbons (Fsp3) is 0.409. The molecule has 1 heterocycles. The molecule has 2 aromatic carbocycles. The normalized spacial score (nSPS) is 17.3. The van der Waals surface area contributed by atoms with Crippen molar-refractivity contribution in [3.05, 3.63) is 65.7 Å². The molecule has 2 aromatic rings. The summed E-state index contributed by atoms with van der Waals surface area (Å²) >= 11 is 0. The average Bonchev–Trinajstić information content (AvgIpc) is 2.67. The fourth-order valence-corrected chi connectivity index (χ4v) is 3.47. The largest absolute Gasteiger partial charge is 0.481 e. The van der Waals surface area contributed by atoms with Crippen LogP contribution in [0.4, 0.5) is 0 Å². The van der Waals surface area contributed by atoms with E-state index in [2.05, 4.69) is 29.6 Å². The van der Waals surface area contributed by atoms with Crippen molar-refractivity contribution in [2.75, 3.05) is 19.8 Å². The van der Waals surface area contributed by atoms with Gasteiger partial charge in [0.15, 0.2) is 6.10 Å². The third-order valence-electron chi connectivity index (χ3n) is 5.11. The molecule has 1 fully saturated rings. The van der Waals surface area contributed by atoms with Crippen LogP contribution < -0.4 is 10.1 Å². The van der Waals surface area contributed by atoms with E-state index in [1.807, 2.05) is 37.3 Å². The first-order valence-corrected chi connectivity index (χ1v) is 9.23. The zero-order valence-corrected chi connectivity index (χ0v) is 15.5. The number of ether oxygens (including phenoxy) is 2. The third kappa shape index (κ3) is 4.44. The molecular formula is C22H27NO3. The Balaban J connectivity index is 1.64. The molecule has 26 heavy (non-hydrogen) atoms. The summed E-state index contributed by atoms with van der Waals surface area (Å²) in [4.78, 5) is 12.6. The Labute approximate surface area is 155 Å². The minimum atomic E-state index is -0.538. The molecule has 0 spiro atoms. The number of benzene rings is 2. The summed E-state index contributed by atoms with van der Waals surface area (Å²) in [6.07, 6.45) is 1.28. The molecule has 1 N–H and O–H groups in total. The van der Waals surface area contributed by atoms with Gasteiger partial charge in [-0.05, 0) is 49.9 Å². The van der Waals surface area contributed by atoms with Crippen molar-refractivity contribution in [3.8, 4) is 5.75 Å². The highest BCUT2D eigenvalue weighted by Crippen LogP contribution is 2.34. The van der Waals surface area contributed by atoms with Gasteiger partial charge < -0.3 is 14.8 Å². The summed E-state index contributed by atoms with van der Waals surface area (Å²) < 4.78 is 11.4. The molecule has 4 nitrogen and oxygen atoms in total. The van der Waals surface area contributed by atoms with Crippen molar-refractivity contribution < 1.29 is 14.3 Å². The van der Waals surface area contributed by atoms with E-state index in [-0.39, 0.29) is 11.3 Å². The lowest BCUT2D eigenvalue weighted by atomic mass is 9.74. The van der Waals surface area contributed by atoms with Gasteiger partial charge in [-0.25, -0.2) is 0 Å². The predicted molar refractivity (Wildman–Crippen MR) is 102 cm³/mol. The Morgan fingerprint density at radius 2 is 1.88 bits per heavy atom. The molecule has 1 amide bonds. The van der Waals surface area contributed by atoms with Crippen LogP contribution in [0.15, 0.2) is 54.6 Å². The third-order valence-corrected chi connectivity index (χ3v) is 5.11. The Hall–Kier alpha value is -2.33. The number of carbonyl (C=O) groups is 1. The molecule has 3 rings (SSSR count). The smallest absolute Gasteiger partial charge is 0.260 e. The van der Waals surface area contributed by atoms with Crippen LogP contribution in [-0.4, -0.2) is 31.8 Å². The highest BCUT2D eigenvalue weighted by atomic mass is 16.5. The van der Waals surface area contributed by atoms with E-state index >= 15 is 0 Å².